The Morgan fingerprint density at radius 3 is 2.69 bits per heavy atom. The number of rotatable bonds is 2. The third kappa shape index (κ3) is 2.00. The maximum Gasteiger partial charge on any atom is 0.267 e. The Kier molecular flexibility index (Phi) is 2.92. The predicted molar refractivity (Wildman–Crippen MR) is 46.7 cm³/mol. The number of nitrogen functional groups attached to an aromatic ring is 1. The lowest BCUT2D eigenvalue weighted by Gasteiger charge is -2.06. The highest BCUT2D eigenvalue weighted by molar-refractivity contribution is 9.10. The van der Waals surface area contributed by atoms with Crippen molar-refractivity contribution in [1.29, 1.82) is 0 Å². The first-order valence-corrected chi connectivity index (χ1v) is 4.04. The summed E-state index contributed by atoms with van der Waals surface area (Å²) in [6, 6.07) is 1.11. The number of hydrogen-bond donors (Lipinski definition) is 1. The van der Waals surface area contributed by atoms with Gasteiger partial charge in [0.05, 0.1) is 5.56 Å². The quantitative estimate of drug-likeness (QED) is 0.647. The zero-order valence-electron chi connectivity index (χ0n) is 6.30. The summed E-state index contributed by atoms with van der Waals surface area (Å²) in [5.41, 5.74) is 4.69. The van der Waals surface area contributed by atoms with E-state index in [1.165, 1.54) is 0 Å². The van der Waals surface area contributed by atoms with E-state index in [1.54, 1.807) is 0 Å². The van der Waals surface area contributed by atoms with Gasteiger partial charge in [-0.25, -0.2) is 13.8 Å². The molecule has 0 aliphatic carbocycles. The third-order valence-electron chi connectivity index (χ3n) is 1.41. The second-order valence-corrected chi connectivity index (χ2v) is 3.01. The highest BCUT2D eigenvalue weighted by Crippen LogP contribution is 2.29. The van der Waals surface area contributed by atoms with Crippen LogP contribution in [0.2, 0.25) is 0 Å². The molecule has 0 radical (unpaired) electrons. The minimum atomic E-state index is -2.75. The monoisotopic (exact) mass is 250 g/mol. The zero-order chi connectivity index (χ0) is 10.0. The van der Waals surface area contributed by atoms with E-state index >= 15 is 0 Å². The largest absolute Gasteiger partial charge is 0.384 e. The molecule has 0 aliphatic heterocycles. The van der Waals surface area contributed by atoms with E-state index in [0.717, 1.165) is 6.07 Å². The summed E-state index contributed by atoms with van der Waals surface area (Å²) in [4.78, 5) is 14.0. The van der Waals surface area contributed by atoms with Gasteiger partial charge in [0, 0.05) is 5.56 Å². The van der Waals surface area contributed by atoms with Crippen molar-refractivity contribution in [2.45, 2.75) is 6.43 Å². The first-order chi connectivity index (χ1) is 6.06. The van der Waals surface area contributed by atoms with Crippen LogP contribution in [-0.2, 0) is 0 Å². The van der Waals surface area contributed by atoms with Gasteiger partial charge in [0.15, 0.2) is 6.29 Å². The van der Waals surface area contributed by atoms with Gasteiger partial charge in [-0.05, 0) is 22.0 Å². The van der Waals surface area contributed by atoms with Crippen molar-refractivity contribution in [3.05, 3.63) is 21.8 Å². The Balaban J connectivity index is 3.38. The maximum absolute atomic E-state index is 12.3. The van der Waals surface area contributed by atoms with Crippen LogP contribution < -0.4 is 5.73 Å². The molecule has 1 aromatic heterocycles. The smallest absolute Gasteiger partial charge is 0.267 e. The molecule has 0 fully saturated rings. The standard InChI is InChI=1S/C7H5BrF2N2O/c8-6-5(7(9)10)3(2-13)1-4(11)12-6/h1-2,7H,(H2,11,12). The lowest BCUT2D eigenvalue weighted by Crippen LogP contribution is -2.01. The number of halogens is 3. The molecule has 2 N–H and O–H groups in total. The molecule has 70 valence electrons. The summed E-state index contributed by atoms with van der Waals surface area (Å²) in [6.07, 6.45) is -2.42. The van der Waals surface area contributed by atoms with Gasteiger partial charge in [0.25, 0.3) is 6.43 Å². The first-order valence-electron chi connectivity index (χ1n) is 3.25. The Morgan fingerprint density at radius 1 is 1.62 bits per heavy atom. The molecule has 0 unspecified atom stereocenters. The molecule has 3 nitrogen and oxygen atoms in total. The fraction of sp³-hybridized carbons (Fsp3) is 0.143. The van der Waals surface area contributed by atoms with E-state index in [0.29, 0.717) is 6.29 Å². The van der Waals surface area contributed by atoms with Crippen LogP contribution in [-0.4, -0.2) is 11.3 Å². The van der Waals surface area contributed by atoms with Gasteiger partial charge in [0.2, 0.25) is 0 Å². The average molecular weight is 251 g/mol. The molecule has 0 saturated carbocycles. The molecular weight excluding hydrogens is 246 g/mol. The van der Waals surface area contributed by atoms with Crippen LogP contribution in [0, 0.1) is 0 Å². The van der Waals surface area contributed by atoms with Crippen LogP contribution in [0.4, 0.5) is 14.6 Å². The molecule has 0 atom stereocenters. The lowest BCUT2D eigenvalue weighted by molar-refractivity contribution is 0.110. The Morgan fingerprint density at radius 2 is 2.23 bits per heavy atom. The van der Waals surface area contributed by atoms with Gasteiger partial charge in [0.1, 0.15) is 10.4 Å². The van der Waals surface area contributed by atoms with Gasteiger partial charge >= 0.3 is 0 Å². The van der Waals surface area contributed by atoms with Gasteiger partial charge < -0.3 is 5.73 Å². The third-order valence-corrected chi connectivity index (χ3v) is 2.01. The van der Waals surface area contributed by atoms with Crippen molar-refractivity contribution in [3.8, 4) is 0 Å². The van der Waals surface area contributed by atoms with Crippen LogP contribution >= 0.6 is 15.9 Å². The van der Waals surface area contributed by atoms with Crippen LogP contribution in [0.5, 0.6) is 0 Å². The summed E-state index contributed by atoms with van der Waals surface area (Å²) < 4.78 is 24.6. The van der Waals surface area contributed by atoms with Crippen molar-refractivity contribution >= 4 is 28.0 Å². The molecule has 0 amide bonds. The van der Waals surface area contributed by atoms with Gasteiger partial charge in [-0.1, -0.05) is 0 Å². The number of aldehydes is 1. The highest BCUT2D eigenvalue weighted by atomic mass is 79.9. The Hall–Kier alpha value is -1.04. The summed E-state index contributed by atoms with van der Waals surface area (Å²) in [6.45, 7) is 0. The fourth-order valence-electron chi connectivity index (χ4n) is 0.876. The van der Waals surface area contributed by atoms with Crippen molar-refractivity contribution in [2.24, 2.45) is 0 Å². The topological polar surface area (TPSA) is 56.0 Å². The van der Waals surface area contributed by atoms with Crippen LogP contribution in [0.25, 0.3) is 0 Å². The first kappa shape index (κ1) is 10.0. The Bertz CT molecular complexity index is 344. The number of anilines is 1. The minimum Gasteiger partial charge on any atom is -0.384 e. The summed E-state index contributed by atoms with van der Waals surface area (Å²) >= 11 is 2.81. The molecular formula is C7H5BrF2N2O. The normalized spacial score (nSPS) is 10.5. The number of pyridine rings is 1. The molecule has 0 bridgehead atoms. The number of alkyl halides is 2. The SMILES string of the molecule is Nc1cc(C=O)c(C(F)F)c(Br)n1. The lowest BCUT2D eigenvalue weighted by atomic mass is 10.1. The number of nitrogens with two attached hydrogens (primary N) is 1. The molecule has 1 rings (SSSR count). The highest BCUT2D eigenvalue weighted by Gasteiger charge is 2.18. The molecule has 1 heterocycles. The zero-order valence-corrected chi connectivity index (χ0v) is 7.88. The van der Waals surface area contributed by atoms with E-state index < -0.39 is 12.0 Å². The molecule has 13 heavy (non-hydrogen) atoms. The second kappa shape index (κ2) is 3.78. The van der Waals surface area contributed by atoms with Gasteiger partial charge in [-0.3, -0.25) is 4.79 Å². The van der Waals surface area contributed by atoms with Crippen LogP contribution in [0.3, 0.4) is 0 Å². The molecule has 0 aliphatic rings. The number of carbonyl (C=O) groups excluding carboxylic acids is 1. The van der Waals surface area contributed by atoms with Crippen molar-refractivity contribution in [1.82, 2.24) is 4.98 Å². The van der Waals surface area contributed by atoms with Crippen molar-refractivity contribution in [3.63, 3.8) is 0 Å². The number of aromatic nitrogens is 1. The number of hydrogen-bond acceptors (Lipinski definition) is 3. The average Bonchev–Trinajstić information content (AvgIpc) is 2.01. The number of nitrogens with zero attached hydrogens (tertiary/aromatic N) is 1. The van der Waals surface area contributed by atoms with Crippen LogP contribution in [0.1, 0.15) is 22.3 Å². The fourth-order valence-corrected chi connectivity index (χ4v) is 1.48. The van der Waals surface area contributed by atoms with Crippen molar-refractivity contribution < 1.29 is 13.6 Å². The molecule has 0 spiro atoms. The minimum absolute atomic E-state index is 0.0263. The summed E-state index contributed by atoms with van der Waals surface area (Å²) in [5.74, 6) is 0.0263. The van der Waals surface area contributed by atoms with Gasteiger partial charge in [-0.2, -0.15) is 0 Å². The van der Waals surface area contributed by atoms with E-state index in [-0.39, 0.29) is 16.0 Å². The van der Waals surface area contributed by atoms with E-state index in [2.05, 4.69) is 20.9 Å². The predicted octanol–water partition coefficient (Wildman–Crippen LogP) is 2.18. The number of carbonyl (C=O) groups is 1. The Labute approximate surface area is 81.1 Å². The van der Waals surface area contributed by atoms with Crippen molar-refractivity contribution in [2.75, 3.05) is 5.73 Å². The van der Waals surface area contributed by atoms with E-state index in [1.807, 2.05) is 0 Å². The second-order valence-electron chi connectivity index (χ2n) is 2.26. The summed E-state index contributed by atoms with van der Waals surface area (Å²) in [5, 5.41) is 0. The molecule has 1 aromatic rings. The van der Waals surface area contributed by atoms with E-state index in [9.17, 15) is 13.6 Å². The molecule has 6 heteroatoms. The van der Waals surface area contributed by atoms with Gasteiger partial charge in [-0.15, -0.1) is 0 Å². The summed E-state index contributed by atoms with van der Waals surface area (Å²) in [7, 11) is 0. The molecule has 0 saturated heterocycles. The van der Waals surface area contributed by atoms with Crippen LogP contribution in [0.15, 0.2) is 10.7 Å². The molecule has 0 aromatic carbocycles. The maximum atomic E-state index is 12.3. The van der Waals surface area contributed by atoms with E-state index in [4.69, 9.17) is 5.73 Å².